The highest BCUT2D eigenvalue weighted by molar-refractivity contribution is 5.99. The van der Waals surface area contributed by atoms with E-state index in [0.717, 1.165) is 38.6 Å². The molecule has 1 atom stereocenters. The number of non-ortho nitro benzene ring substituents is 1. The van der Waals surface area contributed by atoms with Crippen molar-refractivity contribution >= 4 is 17.6 Å². The summed E-state index contributed by atoms with van der Waals surface area (Å²) in [6.45, 7) is 4.47. The summed E-state index contributed by atoms with van der Waals surface area (Å²) in [5, 5.41) is 14.4. The van der Waals surface area contributed by atoms with Gasteiger partial charge in [-0.05, 0) is 38.8 Å². The van der Waals surface area contributed by atoms with Gasteiger partial charge in [0, 0.05) is 23.5 Å². The SMILES string of the molecule is COC(=O)C1=C(C)NC(C)=C(C(=O)OCCCCCCCCCCCN)C1c1cccc([N+](=O)[O-])c1. The van der Waals surface area contributed by atoms with Gasteiger partial charge in [0.1, 0.15) is 0 Å². The highest BCUT2D eigenvalue weighted by Gasteiger charge is 2.38. The second kappa shape index (κ2) is 15.0. The second-order valence-corrected chi connectivity index (χ2v) is 9.09. The van der Waals surface area contributed by atoms with E-state index >= 15 is 0 Å². The van der Waals surface area contributed by atoms with Crippen LogP contribution in [-0.2, 0) is 19.1 Å². The first-order valence-electron chi connectivity index (χ1n) is 12.7. The largest absolute Gasteiger partial charge is 0.466 e. The fourth-order valence-electron chi connectivity index (χ4n) is 4.52. The monoisotopic (exact) mass is 501 g/mol. The van der Waals surface area contributed by atoms with E-state index in [0.29, 0.717) is 17.0 Å². The summed E-state index contributed by atoms with van der Waals surface area (Å²) >= 11 is 0. The molecule has 36 heavy (non-hydrogen) atoms. The number of rotatable bonds is 15. The number of allylic oxidation sites excluding steroid dienone is 2. The molecule has 2 rings (SSSR count). The van der Waals surface area contributed by atoms with Crippen LogP contribution in [0.15, 0.2) is 46.8 Å². The Bertz CT molecular complexity index is 985. The van der Waals surface area contributed by atoms with Crippen molar-refractivity contribution in [2.24, 2.45) is 5.73 Å². The van der Waals surface area contributed by atoms with Gasteiger partial charge in [-0.2, -0.15) is 0 Å². The number of unbranched alkanes of at least 4 members (excludes halogenated alkanes) is 8. The smallest absolute Gasteiger partial charge is 0.336 e. The number of nitro benzene ring substituents is 1. The van der Waals surface area contributed by atoms with Crippen LogP contribution in [0.2, 0.25) is 0 Å². The van der Waals surface area contributed by atoms with Gasteiger partial charge in [-0.25, -0.2) is 9.59 Å². The summed E-state index contributed by atoms with van der Waals surface area (Å²) in [6, 6.07) is 5.95. The summed E-state index contributed by atoms with van der Waals surface area (Å²) in [5.74, 6) is -2.01. The van der Waals surface area contributed by atoms with Gasteiger partial charge in [0.2, 0.25) is 0 Å². The Kier molecular flexibility index (Phi) is 12.1. The van der Waals surface area contributed by atoms with E-state index in [1.165, 1.54) is 51.0 Å². The number of carbonyl (C=O) groups is 2. The number of esters is 2. The molecule has 0 bridgehead atoms. The van der Waals surface area contributed by atoms with Crippen LogP contribution in [-0.4, -0.2) is 37.1 Å². The summed E-state index contributed by atoms with van der Waals surface area (Å²) in [4.78, 5) is 36.7. The van der Waals surface area contributed by atoms with Crippen molar-refractivity contribution in [2.45, 2.75) is 77.6 Å². The van der Waals surface area contributed by atoms with Crippen molar-refractivity contribution in [1.29, 1.82) is 0 Å². The van der Waals surface area contributed by atoms with Gasteiger partial charge < -0.3 is 20.5 Å². The number of nitro groups is 1. The molecule has 0 saturated heterocycles. The maximum absolute atomic E-state index is 13.2. The molecule has 1 aromatic rings. The zero-order chi connectivity index (χ0) is 26.5. The first kappa shape index (κ1) is 29.0. The Morgan fingerprint density at radius 2 is 1.50 bits per heavy atom. The van der Waals surface area contributed by atoms with Gasteiger partial charge in [0.05, 0.1) is 35.7 Å². The molecule has 0 fully saturated rings. The van der Waals surface area contributed by atoms with Crippen LogP contribution < -0.4 is 11.1 Å². The fourth-order valence-corrected chi connectivity index (χ4v) is 4.52. The Morgan fingerprint density at radius 1 is 0.944 bits per heavy atom. The predicted octanol–water partition coefficient (Wildman–Crippen LogP) is 5.02. The minimum Gasteiger partial charge on any atom is -0.466 e. The second-order valence-electron chi connectivity index (χ2n) is 9.09. The maximum Gasteiger partial charge on any atom is 0.336 e. The number of nitrogens with two attached hydrogens (primary N) is 1. The van der Waals surface area contributed by atoms with Crippen LogP contribution in [0.1, 0.15) is 83.1 Å². The third kappa shape index (κ3) is 8.19. The van der Waals surface area contributed by atoms with Crippen molar-refractivity contribution < 1.29 is 24.0 Å². The number of dihydropyridines is 1. The van der Waals surface area contributed by atoms with Crippen molar-refractivity contribution in [1.82, 2.24) is 5.32 Å². The summed E-state index contributed by atoms with van der Waals surface area (Å²) in [5.41, 5.74) is 7.37. The van der Waals surface area contributed by atoms with Gasteiger partial charge >= 0.3 is 11.9 Å². The number of hydrogen-bond acceptors (Lipinski definition) is 8. The van der Waals surface area contributed by atoms with E-state index in [1.807, 2.05) is 0 Å². The first-order valence-corrected chi connectivity index (χ1v) is 12.7. The van der Waals surface area contributed by atoms with E-state index < -0.39 is 22.8 Å². The van der Waals surface area contributed by atoms with Crippen LogP contribution in [0.4, 0.5) is 5.69 Å². The molecule has 1 heterocycles. The lowest BCUT2D eigenvalue weighted by atomic mass is 9.80. The third-order valence-corrected chi connectivity index (χ3v) is 6.38. The van der Waals surface area contributed by atoms with E-state index in [-0.39, 0.29) is 23.4 Å². The molecule has 1 aliphatic heterocycles. The Morgan fingerprint density at radius 3 is 2.06 bits per heavy atom. The molecule has 0 spiro atoms. The summed E-state index contributed by atoms with van der Waals surface area (Å²) < 4.78 is 10.6. The van der Waals surface area contributed by atoms with Crippen LogP contribution in [0.5, 0.6) is 0 Å². The number of carbonyl (C=O) groups excluding carboxylic acids is 2. The number of nitrogens with one attached hydrogen (secondary N) is 1. The number of nitrogens with zero attached hydrogens (tertiary/aromatic N) is 1. The minimum absolute atomic E-state index is 0.127. The molecule has 0 amide bonds. The lowest BCUT2D eigenvalue weighted by Crippen LogP contribution is -2.32. The van der Waals surface area contributed by atoms with Crippen molar-refractivity contribution in [3.63, 3.8) is 0 Å². The molecule has 1 aliphatic rings. The van der Waals surface area contributed by atoms with Gasteiger partial charge in [-0.1, -0.05) is 57.1 Å². The van der Waals surface area contributed by atoms with E-state index in [4.69, 9.17) is 15.2 Å². The molecular weight excluding hydrogens is 462 g/mol. The van der Waals surface area contributed by atoms with Gasteiger partial charge in [-0.3, -0.25) is 10.1 Å². The molecule has 1 unspecified atom stereocenters. The van der Waals surface area contributed by atoms with Crippen LogP contribution in [0.3, 0.4) is 0 Å². The standard InChI is InChI=1S/C27H39N3O6/c1-19-23(26(31)35-3)25(21-14-13-15-22(18-21)30(33)34)24(20(2)29-19)27(32)36-17-12-10-8-6-4-5-7-9-11-16-28/h13-15,18,25,29H,4-12,16-17,28H2,1-3H3. The predicted molar refractivity (Wildman–Crippen MR) is 138 cm³/mol. The van der Waals surface area contributed by atoms with Crippen LogP contribution in [0, 0.1) is 10.1 Å². The maximum atomic E-state index is 13.2. The van der Waals surface area contributed by atoms with E-state index in [1.54, 1.807) is 19.9 Å². The fraction of sp³-hybridized carbons (Fsp3) is 0.556. The number of benzene rings is 1. The lowest BCUT2D eigenvalue weighted by Gasteiger charge is -2.30. The number of hydrogen-bond donors (Lipinski definition) is 2. The van der Waals surface area contributed by atoms with Gasteiger partial charge in [0.25, 0.3) is 5.69 Å². The third-order valence-electron chi connectivity index (χ3n) is 6.38. The van der Waals surface area contributed by atoms with Crippen molar-refractivity contribution in [2.75, 3.05) is 20.3 Å². The molecule has 0 aliphatic carbocycles. The molecule has 9 nitrogen and oxygen atoms in total. The number of ether oxygens (including phenoxy) is 2. The quantitative estimate of drug-likeness (QED) is 0.148. The van der Waals surface area contributed by atoms with E-state index in [2.05, 4.69) is 5.32 Å². The molecule has 3 N–H and O–H groups in total. The van der Waals surface area contributed by atoms with Crippen molar-refractivity contribution in [3.05, 3.63) is 62.5 Å². The van der Waals surface area contributed by atoms with Gasteiger partial charge in [0.15, 0.2) is 0 Å². The Hall–Kier alpha value is -3.20. The average Bonchev–Trinajstić information content (AvgIpc) is 2.86. The van der Waals surface area contributed by atoms with Crippen LogP contribution >= 0.6 is 0 Å². The molecule has 198 valence electrons. The minimum atomic E-state index is -0.842. The zero-order valence-corrected chi connectivity index (χ0v) is 21.6. The average molecular weight is 502 g/mol. The molecule has 0 radical (unpaired) electrons. The van der Waals surface area contributed by atoms with Crippen LogP contribution in [0.25, 0.3) is 0 Å². The van der Waals surface area contributed by atoms with Crippen molar-refractivity contribution in [3.8, 4) is 0 Å². The van der Waals surface area contributed by atoms with Gasteiger partial charge in [-0.15, -0.1) is 0 Å². The van der Waals surface area contributed by atoms with E-state index in [9.17, 15) is 19.7 Å². The molecule has 1 aromatic carbocycles. The molecule has 9 heteroatoms. The number of methoxy groups -OCH3 is 1. The molecule has 0 saturated carbocycles. The lowest BCUT2D eigenvalue weighted by molar-refractivity contribution is -0.384. The topological polar surface area (TPSA) is 134 Å². The highest BCUT2D eigenvalue weighted by Crippen LogP contribution is 2.40. The zero-order valence-electron chi connectivity index (χ0n) is 21.6. The normalized spacial score (nSPS) is 15.5. The highest BCUT2D eigenvalue weighted by atomic mass is 16.6. The summed E-state index contributed by atoms with van der Waals surface area (Å²) in [6.07, 6.45) is 9.90. The summed E-state index contributed by atoms with van der Waals surface area (Å²) in [7, 11) is 1.26. The molecular formula is C27H39N3O6. The Labute approximate surface area is 213 Å². The Balaban J connectivity index is 2.05. The first-order chi connectivity index (χ1) is 17.3. The molecule has 0 aromatic heterocycles.